The Balaban J connectivity index is 1.14. The maximum Gasteiger partial charge on any atom is 0.231 e. The lowest BCUT2D eigenvalue weighted by Crippen LogP contribution is -2.63. The van der Waals surface area contributed by atoms with Gasteiger partial charge in [-0.15, -0.1) is 11.8 Å². The second-order valence-electron chi connectivity index (χ2n) is 7.95. The van der Waals surface area contributed by atoms with Gasteiger partial charge in [0.2, 0.25) is 18.6 Å². The van der Waals surface area contributed by atoms with E-state index in [0.29, 0.717) is 24.6 Å². The molecule has 2 saturated heterocycles. The number of carbonyl (C=O) groups is 2. The fraction of sp³-hybridized carbons (Fsp3) is 0.364. The van der Waals surface area contributed by atoms with Crippen LogP contribution in [0.1, 0.15) is 11.1 Å². The number of aryl methyl sites for hydroxylation is 1. The average Bonchev–Trinajstić information content (AvgIpc) is 3.44. The molecule has 0 saturated carbocycles. The number of rotatable bonds is 6. The molecule has 2 aromatic carbocycles. The van der Waals surface area contributed by atoms with Gasteiger partial charge in [-0.3, -0.25) is 19.9 Å². The van der Waals surface area contributed by atoms with E-state index < -0.39 is 0 Å². The fourth-order valence-electron chi connectivity index (χ4n) is 3.96. The van der Waals surface area contributed by atoms with Crippen molar-refractivity contribution in [1.82, 2.24) is 21.4 Å². The Kier molecular flexibility index (Phi) is 5.81. The third-order valence-corrected chi connectivity index (χ3v) is 6.71. The van der Waals surface area contributed by atoms with E-state index in [1.54, 1.807) is 0 Å². The van der Waals surface area contributed by atoms with Gasteiger partial charge in [-0.25, -0.2) is 5.43 Å². The number of carbonyl (C=O) groups excluding carboxylic acids is 2. The van der Waals surface area contributed by atoms with E-state index in [-0.39, 0.29) is 41.9 Å². The van der Waals surface area contributed by atoms with E-state index in [0.717, 1.165) is 11.3 Å². The van der Waals surface area contributed by atoms with Crippen LogP contribution >= 0.6 is 11.8 Å². The van der Waals surface area contributed by atoms with Gasteiger partial charge in [0.15, 0.2) is 11.5 Å². The Hall–Kier alpha value is -2.95. The van der Waals surface area contributed by atoms with Crippen molar-refractivity contribution in [2.75, 3.05) is 24.1 Å². The maximum absolute atomic E-state index is 12.6. The summed E-state index contributed by atoms with van der Waals surface area (Å²) < 4.78 is 10.7. The topological polar surface area (TPSA) is 104 Å². The van der Waals surface area contributed by atoms with Gasteiger partial charge in [0.05, 0.1) is 17.4 Å². The molecule has 3 heterocycles. The summed E-state index contributed by atoms with van der Waals surface area (Å²) in [5.74, 6) is 1.30. The molecular weight excluding hydrogens is 430 g/mol. The number of fused-ring (bicyclic) bond motifs is 2. The summed E-state index contributed by atoms with van der Waals surface area (Å²) in [4.78, 5) is 25.0. The molecule has 0 bridgehead atoms. The second kappa shape index (κ2) is 8.89. The van der Waals surface area contributed by atoms with E-state index >= 15 is 0 Å². The predicted octanol–water partition coefficient (Wildman–Crippen LogP) is 1.04. The Bertz CT molecular complexity index is 1020. The van der Waals surface area contributed by atoms with Gasteiger partial charge in [-0.2, -0.15) is 0 Å². The van der Waals surface area contributed by atoms with Gasteiger partial charge < -0.3 is 20.1 Å². The number of amides is 2. The first kappa shape index (κ1) is 20.9. The van der Waals surface area contributed by atoms with Gasteiger partial charge in [0.1, 0.15) is 11.7 Å². The van der Waals surface area contributed by atoms with Crippen molar-refractivity contribution in [3.63, 3.8) is 0 Å². The van der Waals surface area contributed by atoms with Crippen molar-refractivity contribution in [2.45, 2.75) is 25.1 Å². The number of thioether (sulfide) groups is 1. The third kappa shape index (κ3) is 4.34. The number of hydrogen-bond acceptors (Lipinski definition) is 8. The molecule has 168 valence electrons. The molecule has 3 atom stereocenters. The number of anilines is 1. The summed E-state index contributed by atoms with van der Waals surface area (Å²) >= 11 is 1.36. The first-order valence-corrected chi connectivity index (χ1v) is 11.5. The average molecular weight is 456 g/mol. The highest BCUT2D eigenvalue weighted by molar-refractivity contribution is 8.00. The lowest BCUT2D eigenvalue weighted by Gasteiger charge is -2.37. The van der Waals surface area contributed by atoms with E-state index in [2.05, 4.69) is 21.4 Å². The highest BCUT2D eigenvalue weighted by atomic mass is 32.2. The molecule has 2 amide bonds. The Morgan fingerprint density at radius 2 is 2.00 bits per heavy atom. The van der Waals surface area contributed by atoms with Crippen molar-refractivity contribution in [1.29, 1.82) is 0 Å². The molecule has 2 aromatic rings. The lowest BCUT2D eigenvalue weighted by molar-refractivity contribution is -0.127. The van der Waals surface area contributed by atoms with Gasteiger partial charge in [0.25, 0.3) is 0 Å². The number of ether oxygens (including phenoxy) is 2. The van der Waals surface area contributed by atoms with Crippen molar-refractivity contribution >= 4 is 29.3 Å². The zero-order chi connectivity index (χ0) is 22.1. The van der Waals surface area contributed by atoms with Crippen LogP contribution in [0.4, 0.5) is 5.69 Å². The minimum absolute atomic E-state index is 0.0193. The van der Waals surface area contributed by atoms with Gasteiger partial charge in [0, 0.05) is 13.1 Å². The molecule has 9 nitrogen and oxygen atoms in total. The Morgan fingerprint density at radius 1 is 1.19 bits per heavy atom. The monoisotopic (exact) mass is 455 g/mol. The van der Waals surface area contributed by atoms with Gasteiger partial charge in [-0.1, -0.05) is 23.8 Å². The number of hydrazine groups is 1. The van der Waals surface area contributed by atoms with Crippen molar-refractivity contribution in [3.8, 4) is 11.5 Å². The summed E-state index contributed by atoms with van der Waals surface area (Å²) in [6.45, 7) is 3.22. The van der Waals surface area contributed by atoms with E-state index in [1.165, 1.54) is 17.3 Å². The SMILES string of the molecule is Cc1ccc(N2NCC3C(=O)NC(SCC(=O)NCc4ccc5c(c4)OCO5)NC32)cc1. The number of nitrogens with one attached hydrogen (secondary N) is 4. The number of benzene rings is 2. The molecule has 3 unspecified atom stereocenters. The Morgan fingerprint density at radius 3 is 2.84 bits per heavy atom. The smallest absolute Gasteiger partial charge is 0.231 e. The first-order chi connectivity index (χ1) is 15.6. The van der Waals surface area contributed by atoms with Crippen LogP contribution in [-0.2, 0) is 16.1 Å². The van der Waals surface area contributed by atoms with Crippen LogP contribution in [0.5, 0.6) is 11.5 Å². The third-order valence-electron chi connectivity index (χ3n) is 5.69. The molecule has 10 heteroatoms. The molecule has 2 fully saturated rings. The maximum atomic E-state index is 12.6. The molecule has 3 aliphatic rings. The van der Waals surface area contributed by atoms with Crippen LogP contribution in [0.2, 0.25) is 0 Å². The number of nitrogens with zero attached hydrogens (tertiary/aromatic N) is 1. The van der Waals surface area contributed by atoms with Crippen molar-refractivity contribution in [2.24, 2.45) is 5.92 Å². The van der Waals surface area contributed by atoms with Crippen LogP contribution in [0.15, 0.2) is 42.5 Å². The summed E-state index contributed by atoms with van der Waals surface area (Å²) in [6.07, 6.45) is -0.180. The quantitative estimate of drug-likeness (QED) is 0.513. The van der Waals surface area contributed by atoms with E-state index in [1.807, 2.05) is 54.4 Å². The molecule has 0 spiro atoms. The van der Waals surface area contributed by atoms with E-state index in [9.17, 15) is 9.59 Å². The molecule has 0 aromatic heterocycles. The first-order valence-electron chi connectivity index (χ1n) is 10.5. The molecule has 0 radical (unpaired) electrons. The Labute approximate surface area is 190 Å². The van der Waals surface area contributed by atoms with Gasteiger partial charge in [-0.05, 0) is 36.8 Å². The molecule has 3 aliphatic heterocycles. The summed E-state index contributed by atoms with van der Waals surface area (Å²) in [6, 6.07) is 13.8. The highest BCUT2D eigenvalue weighted by Gasteiger charge is 2.44. The number of hydrogen-bond donors (Lipinski definition) is 4. The van der Waals surface area contributed by atoms with Crippen molar-refractivity contribution in [3.05, 3.63) is 53.6 Å². The molecule has 32 heavy (non-hydrogen) atoms. The molecule has 4 N–H and O–H groups in total. The van der Waals surface area contributed by atoms with E-state index in [4.69, 9.17) is 9.47 Å². The summed E-state index contributed by atoms with van der Waals surface area (Å²) in [5.41, 5.74) is 6.07. The van der Waals surface area contributed by atoms with Crippen LogP contribution < -0.4 is 35.9 Å². The van der Waals surface area contributed by atoms with Crippen LogP contribution in [0, 0.1) is 12.8 Å². The lowest BCUT2D eigenvalue weighted by atomic mass is 10.0. The second-order valence-corrected chi connectivity index (χ2v) is 9.04. The van der Waals surface area contributed by atoms with Crippen LogP contribution in [0.3, 0.4) is 0 Å². The zero-order valence-corrected chi connectivity index (χ0v) is 18.4. The molecular formula is C22H25N5O4S. The van der Waals surface area contributed by atoms with Crippen LogP contribution in [0.25, 0.3) is 0 Å². The van der Waals surface area contributed by atoms with Crippen molar-refractivity contribution < 1.29 is 19.1 Å². The normalized spacial score (nSPS) is 23.6. The zero-order valence-electron chi connectivity index (χ0n) is 17.6. The minimum Gasteiger partial charge on any atom is -0.454 e. The summed E-state index contributed by atoms with van der Waals surface area (Å²) in [5, 5.41) is 11.3. The van der Waals surface area contributed by atoms with Gasteiger partial charge >= 0.3 is 0 Å². The minimum atomic E-state index is -0.354. The predicted molar refractivity (Wildman–Crippen MR) is 121 cm³/mol. The highest BCUT2D eigenvalue weighted by Crippen LogP contribution is 2.32. The molecule has 5 rings (SSSR count). The molecule has 0 aliphatic carbocycles. The standard InChI is InChI=1S/C22H25N5O4S/c1-13-2-5-15(6-3-13)27-20-16(10-24-27)21(29)26-22(25-20)32-11-19(28)23-9-14-4-7-17-18(8-14)31-12-30-17/h2-8,16,20,22,24-25H,9-12H2,1H3,(H,23,28)(H,26,29). The largest absolute Gasteiger partial charge is 0.454 e. The summed E-state index contributed by atoms with van der Waals surface area (Å²) in [7, 11) is 0. The fourth-order valence-corrected chi connectivity index (χ4v) is 4.81. The van der Waals surface area contributed by atoms with Crippen LogP contribution in [-0.4, -0.2) is 42.6 Å².